The molecule has 2 saturated heterocycles. The fraction of sp³-hybridized carbons (Fsp3) is 0.455. The van der Waals surface area contributed by atoms with Crippen molar-refractivity contribution in [3.05, 3.63) is 54.0 Å². The molecule has 2 fully saturated rings. The van der Waals surface area contributed by atoms with E-state index in [2.05, 4.69) is 4.90 Å². The number of urea groups is 1. The van der Waals surface area contributed by atoms with Crippen LogP contribution in [0.2, 0.25) is 0 Å². The van der Waals surface area contributed by atoms with Gasteiger partial charge in [0.2, 0.25) is 0 Å². The van der Waals surface area contributed by atoms with E-state index in [1.807, 2.05) is 43.3 Å². The van der Waals surface area contributed by atoms with E-state index in [0.29, 0.717) is 19.4 Å². The number of rotatable bonds is 6. The standard InChI is InChI=1S/C22H27N3O4/c1-3-25-21(27)24(15-17-6-4-7-18(14-17)28-2)20(26)22(25)9-11-23(12-10-22)16-19-8-5-13-29-19/h4-8,13-14H,3,9-12,15-16H2,1-2H3. The van der Waals surface area contributed by atoms with Gasteiger partial charge in [0.15, 0.2) is 0 Å². The van der Waals surface area contributed by atoms with Crippen molar-refractivity contribution in [2.24, 2.45) is 0 Å². The summed E-state index contributed by atoms with van der Waals surface area (Å²) in [5.41, 5.74) is 0.152. The summed E-state index contributed by atoms with van der Waals surface area (Å²) in [4.78, 5) is 32.0. The number of furan rings is 1. The molecular formula is C22H27N3O4. The molecule has 7 heteroatoms. The summed E-state index contributed by atoms with van der Waals surface area (Å²) in [5.74, 6) is 1.56. The highest BCUT2D eigenvalue weighted by Crippen LogP contribution is 2.38. The zero-order chi connectivity index (χ0) is 20.4. The number of ether oxygens (including phenoxy) is 1. The average molecular weight is 397 g/mol. The molecule has 0 bridgehead atoms. The van der Waals surface area contributed by atoms with Crippen molar-refractivity contribution < 1.29 is 18.7 Å². The minimum Gasteiger partial charge on any atom is -0.497 e. The highest BCUT2D eigenvalue weighted by atomic mass is 16.5. The van der Waals surface area contributed by atoms with Crippen LogP contribution < -0.4 is 4.74 Å². The summed E-state index contributed by atoms with van der Waals surface area (Å²) in [6, 6.07) is 11.2. The maximum Gasteiger partial charge on any atom is 0.327 e. The molecule has 1 aromatic heterocycles. The lowest BCUT2D eigenvalue weighted by Gasteiger charge is -2.41. The average Bonchev–Trinajstić information content (AvgIpc) is 3.32. The van der Waals surface area contributed by atoms with E-state index in [0.717, 1.165) is 36.7 Å². The molecule has 0 atom stereocenters. The molecule has 3 amide bonds. The van der Waals surface area contributed by atoms with E-state index in [1.54, 1.807) is 18.3 Å². The second kappa shape index (κ2) is 7.91. The lowest BCUT2D eigenvalue weighted by atomic mass is 9.85. The molecule has 0 aliphatic carbocycles. The number of carbonyl (C=O) groups is 2. The molecule has 3 heterocycles. The van der Waals surface area contributed by atoms with Gasteiger partial charge in [0, 0.05) is 19.6 Å². The van der Waals surface area contributed by atoms with E-state index in [1.165, 1.54) is 4.90 Å². The van der Waals surface area contributed by atoms with Gasteiger partial charge in [0.05, 0.1) is 26.5 Å². The van der Waals surface area contributed by atoms with Gasteiger partial charge < -0.3 is 14.1 Å². The molecule has 154 valence electrons. The first-order valence-corrected chi connectivity index (χ1v) is 10.1. The second-order valence-electron chi connectivity index (χ2n) is 7.66. The monoisotopic (exact) mass is 397 g/mol. The number of likely N-dealkylation sites (tertiary alicyclic amines) is 1. The molecule has 0 unspecified atom stereocenters. The molecule has 29 heavy (non-hydrogen) atoms. The number of hydrogen-bond donors (Lipinski definition) is 0. The zero-order valence-corrected chi connectivity index (χ0v) is 17.0. The molecule has 2 aliphatic rings. The van der Waals surface area contributed by atoms with Gasteiger partial charge in [-0.05, 0) is 49.6 Å². The summed E-state index contributed by atoms with van der Waals surface area (Å²) < 4.78 is 10.7. The van der Waals surface area contributed by atoms with Crippen LogP contribution in [0.4, 0.5) is 4.79 Å². The number of imide groups is 1. The molecule has 7 nitrogen and oxygen atoms in total. The van der Waals surface area contributed by atoms with Crippen LogP contribution in [0.25, 0.3) is 0 Å². The predicted octanol–water partition coefficient (Wildman–Crippen LogP) is 3.11. The minimum absolute atomic E-state index is 0.0789. The van der Waals surface area contributed by atoms with Crippen molar-refractivity contribution in [1.82, 2.24) is 14.7 Å². The van der Waals surface area contributed by atoms with Crippen LogP contribution in [0.15, 0.2) is 47.1 Å². The first-order valence-electron chi connectivity index (χ1n) is 10.1. The normalized spacial score (nSPS) is 19.4. The van der Waals surface area contributed by atoms with Crippen LogP contribution >= 0.6 is 0 Å². The van der Waals surface area contributed by atoms with Crippen LogP contribution in [0.5, 0.6) is 5.75 Å². The maximum atomic E-state index is 13.4. The van der Waals surface area contributed by atoms with Gasteiger partial charge in [-0.3, -0.25) is 14.6 Å². The smallest absolute Gasteiger partial charge is 0.327 e. The molecule has 0 N–H and O–H groups in total. The number of amides is 3. The van der Waals surface area contributed by atoms with E-state index in [4.69, 9.17) is 9.15 Å². The maximum absolute atomic E-state index is 13.4. The van der Waals surface area contributed by atoms with Gasteiger partial charge in [0.1, 0.15) is 17.0 Å². The van der Waals surface area contributed by atoms with Crippen molar-refractivity contribution in [3.63, 3.8) is 0 Å². The third-order valence-corrected chi connectivity index (χ3v) is 6.06. The summed E-state index contributed by atoms with van der Waals surface area (Å²) in [5, 5.41) is 0. The Kier molecular flexibility index (Phi) is 5.32. The van der Waals surface area contributed by atoms with Crippen LogP contribution in [-0.2, 0) is 17.9 Å². The fourth-order valence-corrected chi connectivity index (χ4v) is 4.50. The molecule has 1 aromatic carbocycles. The number of likely N-dealkylation sites (N-methyl/N-ethyl adjacent to an activating group) is 1. The molecule has 2 aliphatic heterocycles. The Bertz CT molecular complexity index is 872. The first-order chi connectivity index (χ1) is 14.1. The van der Waals surface area contributed by atoms with Crippen molar-refractivity contribution in [2.45, 2.75) is 38.4 Å². The Labute approximate surface area is 170 Å². The molecule has 0 radical (unpaired) electrons. The van der Waals surface area contributed by atoms with E-state index in [-0.39, 0.29) is 18.5 Å². The van der Waals surface area contributed by atoms with Crippen molar-refractivity contribution in [1.29, 1.82) is 0 Å². The molecule has 1 spiro atoms. The van der Waals surface area contributed by atoms with Gasteiger partial charge in [-0.2, -0.15) is 0 Å². The van der Waals surface area contributed by atoms with Crippen LogP contribution in [0, 0.1) is 0 Å². The van der Waals surface area contributed by atoms with E-state index < -0.39 is 5.54 Å². The van der Waals surface area contributed by atoms with Gasteiger partial charge in [0.25, 0.3) is 5.91 Å². The third kappa shape index (κ3) is 3.51. The van der Waals surface area contributed by atoms with Crippen molar-refractivity contribution in [2.75, 3.05) is 26.7 Å². The van der Waals surface area contributed by atoms with Gasteiger partial charge in [-0.1, -0.05) is 12.1 Å². The van der Waals surface area contributed by atoms with Gasteiger partial charge in [-0.15, -0.1) is 0 Å². The third-order valence-electron chi connectivity index (χ3n) is 6.06. The quantitative estimate of drug-likeness (QED) is 0.701. The summed E-state index contributed by atoms with van der Waals surface area (Å²) in [6.07, 6.45) is 2.96. The Morgan fingerprint density at radius 1 is 1.10 bits per heavy atom. The lowest BCUT2D eigenvalue weighted by Crippen LogP contribution is -2.56. The van der Waals surface area contributed by atoms with Crippen molar-refractivity contribution >= 4 is 11.9 Å². The predicted molar refractivity (Wildman–Crippen MR) is 107 cm³/mol. The Morgan fingerprint density at radius 2 is 1.90 bits per heavy atom. The molecular weight excluding hydrogens is 370 g/mol. The van der Waals surface area contributed by atoms with Crippen LogP contribution in [0.3, 0.4) is 0 Å². The number of hydrogen-bond acceptors (Lipinski definition) is 5. The topological polar surface area (TPSA) is 66.2 Å². The molecule has 4 rings (SSSR count). The van der Waals surface area contributed by atoms with Gasteiger partial charge >= 0.3 is 6.03 Å². The number of piperidine rings is 1. The first kappa shape index (κ1) is 19.5. The fourth-order valence-electron chi connectivity index (χ4n) is 4.50. The summed E-state index contributed by atoms with van der Waals surface area (Å²) in [6.45, 7) is 4.97. The molecule has 2 aromatic rings. The Balaban J connectivity index is 1.50. The number of nitrogens with zero attached hydrogens (tertiary/aromatic N) is 3. The minimum atomic E-state index is -0.732. The van der Waals surface area contributed by atoms with E-state index >= 15 is 0 Å². The summed E-state index contributed by atoms with van der Waals surface area (Å²) >= 11 is 0. The largest absolute Gasteiger partial charge is 0.497 e. The van der Waals surface area contributed by atoms with Gasteiger partial charge in [-0.25, -0.2) is 4.79 Å². The zero-order valence-electron chi connectivity index (χ0n) is 17.0. The SMILES string of the molecule is CCN1C(=O)N(Cc2cccc(OC)c2)C(=O)C12CCN(Cc1ccco1)CC2. The highest BCUT2D eigenvalue weighted by molar-refractivity contribution is 6.07. The van der Waals surface area contributed by atoms with E-state index in [9.17, 15) is 9.59 Å². The number of methoxy groups -OCH3 is 1. The number of carbonyl (C=O) groups excluding carboxylic acids is 2. The Hall–Kier alpha value is -2.80. The molecule has 0 saturated carbocycles. The highest BCUT2D eigenvalue weighted by Gasteiger charge is 2.57. The lowest BCUT2D eigenvalue weighted by molar-refractivity contribution is -0.136. The van der Waals surface area contributed by atoms with Crippen LogP contribution in [0.1, 0.15) is 31.1 Å². The number of benzene rings is 1. The Morgan fingerprint density at radius 3 is 2.55 bits per heavy atom. The van der Waals surface area contributed by atoms with Crippen molar-refractivity contribution in [3.8, 4) is 5.75 Å². The van der Waals surface area contributed by atoms with Crippen LogP contribution in [-0.4, -0.2) is 58.9 Å². The second-order valence-corrected chi connectivity index (χ2v) is 7.66. The summed E-state index contributed by atoms with van der Waals surface area (Å²) in [7, 11) is 1.61.